The molecule has 0 bridgehead atoms. The van der Waals surface area contributed by atoms with Gasteiger partial charge in [0.1, 0.15) is 0 Å². The zero-order valence-corrected chi connectivity index (χ0v) is 7.76. The molecule has 0 heterocycles. The van der Waals surface area contributed by atoms with Gasteiger partial charge in [-0.05, 0) is 0 Å². The summed E-state index contributed by atoms with van der Waals surface area (Å²) in [4.78, 5) is 0. The first-order valence-electron chi connectivity index (χ1n) is 2.96. The molecule has 13 heteroatoms. The maximum atomic E-state index is 12.0. The Bertz CT molecular complexity index is 252. The summed E-state index contributed by atoms with van der Waals surface area (Å²) in [5.41, 5.74) is 0. The van der Waals surface area contributed by atoms with E-state index >= 15 is 0 Å². The highest BCUT2D eigenvalue weighted by molar-refractivity contribution is 7.88. The van der Waals surface area contributed by atoms with Crippen molar-refractivity contribution >= 4 is 11.7 Å². The van der Waals surface area contributed by atoms with Crippen molar-refractivity contribution in [3.63, 3.8) is 0 Å². The van der Waals surface area contributed by atoms with Gasteiger partial charge in [-0.25, -0.2) is 0 Å². The van der Waals surface area contributed by atoms with E-state index in [1.54, 1.807) is 0 Å². The molecule has 17 heavy (non-hydrogen) atoms. The number of alkyl halides is 9. The fourth-order valence-electron chi connectivity index (χ4n) is 0.458. The Hall–Kier alpha value is -0.490. The fourth-order valence-corrected chi connectivity index (χ4v) is 0.780. The second kappa shape index (κ2) is 4.65. The molecule has 0 saturated carbocycles. The van der Waals surface area contributed by atoms with Crippen molar-refractivity contribution in [2.24, 2.45) is 0 Å². The van der Waals surface area contributed by atoms with Crippen LogP contribution in [-0.2, 0) is 11.7 Å². The monoisotopic (exact) mass is 308 g/mol. The van der Waals surface area contributed by atoms with Gasteiger partial charge in [0.15, 0.2) is 0 Å². The zero-order chi connectivity index (χ0) is 13.6. The van der Waals surface area contributed by atoms with E-state index in [0.717, 1.165) is 0 Å². The number of rotatable bonds is 3. The van der Waals surface area contributed by atoms with Crippen molar-refractivity contribution in [2.75, 3.05) is 0 Å². The maximum absolute atomic E-state index is 12.0. The van der Waals surface area contributed by atoms with Crippen molar-refractivity contribution in [1.82, 2.24) is 0 Å². The third-order valence-corrected chi connectivity index (χ3v) is 1.95. The molecule has 0 aromatic heterocycles. The lowest BCUT2D eigenvalue weighted by atomic mass is 10.1. The molecule has 0 aliphatic carbocycles. The molecule has 0 atom stereocenters. The smallest absolute Gasteiger partial charge is 0.560 e. The summed E-state index contributed by atoms with van der Waals surface area (Å²) in [6, 6.07) is 0. The summed E-state index contributed by atoms with van der Waals surface area (Å²) >= 11 is -5.64. The predicted octanol–water partition coefficient (Wildman–Crippen LogP) is 0.803. The summed E-state index contributed by atoms with van der Waals surface area (Å²) in [6.45, 7) is 0. The predicted molar refractivity (Wildman–Crippen MR) is 30.5 cm³/mol. The van der Waals surface area contributed by atoms with E-state index < -0.39 is 34.9 Å². The minimum atomic E-state index is -7.26. The molecular formula is C4F12S. The van der Waals surface area contributed by atoms with Gasteiger partial charge >= 0.3 is 34.9 Å². The topological polar surface area (TPSA) is 0 Å². The second-order valence-corrected chi connectivity index (χ2v) is 3.31. The van der Waals surface area contributed by atoms with Crippen LogP contribution in [0.25, 0.3) is 0 Å². The lowest BCUT2D eigenvalue weighted by Crippen LogP contribution is -3.00. The molecule has 0 aliphatic heterocycles. The summed E-state index contributed by atoms with van der Waals surface area (Å²) in [5, 5.41) is -6.77. The van der Waals surface area contributed by atoms with Gasteiger partial charge in [0, 0.05) is 0 Å². The van der Waals surface area contributed by atoms with Gasteiger partial charge in [-0.15, -0.1) is 8.78 Å². The molecule has 0 spiro atoms. The van der Waals surface area contributed by atoms with Gasteiger partial charge in [-0.1, -0.05) is 0 Å². The molecule has 0 radical (unpaired) electrons. The Morgan fingerprint density at radius 2 is 0.882 bits per heavy atom. The van der Waals surface area contributed by atoms with Crippen molar-refractivity contribution < 1.29 is 52.0 Å². The Morgan fingerprint density at radius 3 is 1.06 bits per heavy atom. The Labute approximate surface area is 88.1 Å². The highest BCUT2D eigenvalue weighted by Gasteiger charge is 2.90. The third kappa shape index (κ3) is 2.68. The summed E-state index contributed by atoms with van der Waals surface area (Å²) in [6.07, 6.45) is -7.07. The molecule has 0 amide bonds. The Kier molecular flexibility index (Phi) is 5.16. The molecule has 0 nitrogen and oxygen atoms in total. The number of hydrogen-bond acceptors (Lipinski definition) is 0. The number of halogens is 12. The molecule has 106 valence electrons. The summed E-state index contributed by atoms with van der Waals surface area (Å²) < 4.78 is 128. The van der Waals surface area contributed by atoms with Crippen LogP contribution in [0.1, 0.15) is 0 Å². The van der Waals surface area contributed by atoms with Crippen molar-refractivity contribution in [3.8, 4) is 0 Å². The van der Waals surface area contributed by atoms with E-state index in [4.69, 9.17) is 0 Å². The highest BCUT2D eigenvalue weighted by Crippen LogP contribution is 2.55. The minimum absolute atomic E-state index is 0. The normalized spacial score (nSPS) is 14.8. The van der Waals surface area contributed by atoms with Crippen molar-refractivity contribution in [2.45, 2.75) is 23.3 Å². The van der Waals surface area contributed by atoms with Crippen LogP contribution in [0, 0.1) is 0 Å². The molecule has 0 aromatic rings. The van der Waals surface area contributed by atoms with Gasteiger partial charge < -0.3 is 4.70 Å². The Balaban J connectivity index is 0. The molecule has 0 saturated heterocycles. The number of hydrogen-bond donors (Lipinski definition) is 0. The van der Waals surface area contributed by atoms with Crippen LogP contribution in [0.5, 0.6) is 0 Å². The largest absolute Gasteiger partial charge is 1.00 e. The van der Waals surface area contributed by atoms with E-state index in [-0.39, 0.29) is 4.70 Å². The van der Waals surface area contributed by atoms with E-state index in [0.29, 0.717) is 0 Å². The first kappa shape index (κ1) is 18.9. The maximum Gasteiger partial charge on any atom is 0.560 e. The van der Waals surface area contributed by atoms with E-state index in [1.165, 1.54) is 0 Å². The standard InChI is InChI=1S/C4F11S.FH/c5-1(6,3(9,10)11)2(7,8)4(12,13)16(14)15;/h;1H/q+1;/p-1. The molecule has 0 N–H and O–H groups in total. The molecule has 0 rings (SSSR count). The summed E-state index contributed by atoms with van der Waals surface area (Å²) in [5.74, 6) is -14.5. The van der Waals surface area contributed by atoms with Crippen LogP contribution < -0.4 is 4.70 Å². The lowest BCUT2D eigenvalue weighted by molar-refractivity contribution is -0.382. The molecular weight excluding hydrogens is 308 g/mol. The third-order valence-electron chi connectivity index (χ3n) is 1.31. The second-order valence-electron chi connectivity index (χ2n) is 2.38. The minimum Gasteiger partial charge on any atom is -1.00 e. The molecule has 0 aromatic carbocycles. The van der Waals surface area contributed by atoms with E-state index in [9.17, 15) is 47.3 Å². The van der Waals surface area contributed by atoms with Gasteiger partial charge in [0.05, 0.1) is 7.77 Å². The molecule has 0 fully saturated rings. The highest BCUT2D eigenvalue weighted by atomic mass is 32.3. The van der Waals surface area contributed by atoms with Crippen molar-refractivity contribution in [1.29, 1.82) is 0 Å². The van der Waals surface area contributed by atoms with E-state index in [1.807, 2.05) is 0 Å². The van der Waals surface area contributed by atoms with Crippen LogP contribution in [0.2, 0.25) is 0 Å². The fraction of sp³-hybridized carbons (Fsp3) is 1.00. The average molecular weight is 308 g/mol. The SMILES string of the molecule is F[S+](F)C(F)(F)C(F)(F)C(F)(F)C(F)(F)F.[F-]. The lowest BCUT2D eigenvalue weighted by Gasteiger charge is -2.27. The average Bonchev–Trinajstić information content (AvgIpc) is 2.00. The zero-order valence-electron chi connectivity index (χ0n) is 6.94. The van der Waals surface area contributed by atoms with Crippen LogP contribution >= 0.6 is 0 Å². The molecule has 0 unspecified atom stereocenters. The van der Waals surface area contributed by atoms with Crippen LogP contribution in [0.3, 0.4) is 0 Å². The first-order valence-corrected chi connectivity index (χ1v) is 3.99. The molecule has 0 aliphatic rings. The van der Waals surface area contributed by atoms with Crippen LogP contribution in [0.4, 0.5) is 47.3 Å². The summed E-state index contributed by atoms with van der Waals surface area (Å²) in [7, 11) is 0. The van der Waals surface area contributed by atoms with Gasteiger partial charge in [0.2, 0.25) is 0 Å². The van der Waals surface area contributed by atoms with Gasteiger partial charge in [-0.2, -0.15) is 30.7 Å². The van der Waals surface area contributed by atoms with Crippen LogP contribution in [0.15, 0.2) is 0 Å². The first-order chi connectivity index (χ1) is 6.69. The van der Waals surface area contributed by atoms with Gasteiger partial charge in [-0.3, -0.25) is 0 Å². The van der Waals surface area contributed by atoms with Crippen molar-refractivity contribution in [3.05, 3.63) is 0 Å². The van der Waals surface area contributed by atoms with E-state index in [2.05, 4.69) is 0 Å². The van der Waals surface area contributed by atoms with Gasteiger partial charge in [0.25, 0.3) is 0 Å². The Morgan fingerprint density at radius 1 is 0.588 bits per heavy atom. The quantitative estimate of drug-likeness (QED) is 0.534. The van der Waals surface area contributed by atoms with Crippen LogP contribution in [-0.4, -0.2) is 23.3 Å².